The molecule has 0 spiro atoms. The molecule has 4 aliphatic rings. The summed E-state index contributed by atoms with van der Waals surface area (Å²) in [6, 6.07) is 0. The van der Waals surface area contributed by atoms with E-state index >= 15 is 0 Å². The van der Waals surface area contributed by atoms with Gasteiger partial charge in [0.15, 0.2) is 5.78 Å². The third kappa shape index (κ3) is 1.96. The number of fused-ring (bicyclic) bond motifs is 5. The minimum absolute atomic E-state index is 0.0539. The molecule has 0 aromatic rings. The van der Waals surface area contributed by atoms with Gasteiger partial charge in [0.25, 0.3) is 0 Å². The molecule has 1 N–H and O–H groups in total. The van der Waals surface area contributed by atoms with Gasteiger partial charge in [-0.3, -0.25) is 4.79 Å². The standard InChI is InChI=1S/C21H28O2/c1-4-13-11-14-12-15(22)7-9-20(14,2)17-8-10-21(3)16(19(13)17)5-6-18(21)23/h1,12-13,16-19,23H,5-11H2,2-3H3/t13?,16-,17-,18-,19-,20-,21-/m0/s1. The number of aliphatic hydroxyl groups is 1. The van der Waals surface area contributed by atoms with Crippen molar-refractivity contribution in [3.05, 3.63) is 11.6 Å². The average Bonchev–Trinajstić information content (AvgIpc) is 2.83. The number of carbonyl (C=O) groups is 1. The van der Waals surface area contributed by atoms with Gasteiger partial charge < -0.3 is 5.11 Å². The molecular formula is C21H28O2. The van der Waals surface area contributed by atoms with Crippen molar-refractivity contribution in [1.29, 1.82) is 0 Å². The van der Waals surface area contributed by atoms with Crippen LogP contribution in [0, 0.1) is 46.8 Å². The van der Waals surface area contributed by atoms with E-state index in [9.17, 15) is 9.90 Å². The van der Waals surface area contributed by atoms with Crippen LogP contribution in [0.4, 0.5) is 0 Å². The molecule has 2 heteroatoms. The summed E-state index contributed by atoms with van der Waals surface area (Å²) in [6.07, 6.45) is 14.6. The fraction of sp³-hybridized carbons (Fsp3) is 0.762. The highest BCUT2D eigenvalue weighted by atomic mass is 16.3. The van der Waals surface area contributed by atoms with E-state index in [4.69, 9.17) is 6.42 Å². The van der Waals surface area contributed by atoms with Crippen LogP contribution in [0.3, 0.4) is 0 Å². The van der Waals surface area contributed by atoms with Crippen molar-refractivity contribution in [2.75, 3.05) is 0 Å². The van der Waals surface area contributed by atoms with Gasteiger partial charge in [0.1, 0.15) is 0 Å². The number of ketones is 1. The molecule has 0 aromatic carbocycles. The van der Waals surface area contributed by atoms with E-state index < -0.39 is 0 Å². The molecule has 0 aliphatic heterocycles. The van der Waals surface area contributed by atoms with Crippen molar-refractivity contribution in [3.63, 3.8) is 0 Å². The fourth-order valence-corrected chi connectivity index (χ4v) is 6.71. The van der Waals surface area contributed by atoms with Gasteiger partial charge in [-0.15, -0.1) is 12.3 Å². The van der Waals surface area contributed by atoms with E-state index in [-0.39, 0.29) is 28.6 Å². The molecule has 7 atom stereocenters. The smallest absolute Gasteiger partial charge is 0.155 e. The van der Waals surface area contributed by atoms with E-state index in [1.807, 2.05) is 6.08 Å². The van der Waals surface area contributed by atoms with Crippen molar-refractivity contribution in [2.45, 2.75) is 64.9 Å². The summed E-state index contributed by atoms with van der Waals surface area (Å²) in [5, 5.41) is 10.6. The second-order valence-electron chi connectivity index (χ2n) is 8.96. The molecule has 3 fully saturated rings. The molecular weight excluding hydrogens is 284 g/mol. The normalized spacial score (nSPS) is 52.0. The Morgan fingerprint density at radius 3 is 2.74 bits per heavy atom. The zero-order valence-corrected chi connectivity index (χ0v) is 14.3. The van der Waals surface area contributed by atoms with Gasteiger partial charge in [-0.1, -0.05) is 19.4 Å². The third-order valence-corrected chi connectivity index (χ3v) is 8.18. The second kappa shape index (κ2) is 4.96. The molecule has 4 aliphatic carbocycles. The minimum Gasteiger partial charge on any atom is -0.393 e. The third-order valence-electron chi connectivity index (χ3n) is 8.18. The Kier molecular flexibility index (Phi) is 3.34. The van der Waals surface area contributed by atoms with Gasteiger partial charge in [-0.05, 0) is 73.2 Å². The first kappa shape index (κ1) is 15.5. The van der Waals surface area contributed by atoms with Crippen LogP contribution in [-0.2, 0) is 4.79 Å². The first-order valence-corrected chi connectivity index (χ1v) is 9.28. The quantitative estimate of drug-likeness (QED) is 0.692. The summed E-state index contributed by atoms with van der Waals surface area (Å²) in [7, 11) is 0. The summed E-state index contributed by atoms with van der Waals surface area (Å²) < 4.78 is 0. The van der Waals surface area contributed by atoms with Crippen LogP contribution in [0.1, 0.15) is 58.8 Å². The maximum atomic E-state index is 11.9. The lowest BCUT2D eigenvalue weighted by molar-refractivity contribution is -0.118. The SMILES string of the molecule is C#CC1CC2=CC(=O)CC[C@]2(C)[C@H]2CC[C@]3(C)[C@@H](O)CC[C@H]3[C@H]12. The van der Waals surface area contributed by atoms with Crippen molar-refractivity contribution in [1.82, 2.24) is 0 Å². The molecule has 0 aromatic heterocycles. The van der Waals surface area contributed by atoms with Crippen molar-refractivity contribution < 1.29 is 9.90 Å². The second-order valence-corrected chi connectivity index (χ2v) is 8.96. The van der Waals surface area contributed by atoms with Gasteiger partial charge in [-0.25, -0.2) is 0 Å². The Labute approximate surface area is 139 Å². The van der Waals surface area contributed by atoms with Gasteiger partial charge >= 0.3 is 0 Å². The molecule has 0 amide bonds. The number of terminal acetylenes is 1. The van der Waals surface area contributed by atoms with Crippen molar-refractivity contribution in [2.24, 2.45) is 34.5 Å². The summed E-state index contributed by atoms with van der Waals surface area (Å²) in [5.74, 6) is 5.25. The topological polar surface area (TPSA) is 37.3 Å². The summed E-state index contributed by atoms with van der Waals surface area (Å²) in [4.78, 5) is 11.9. The van der Waals surface area contributed by atoms with Crippen LogP contribution in [0.25, 0.3) is 0 Å². The zero-order chi connectivity index (χ0) is 16.4. The molecule has 0 heterocycles. The van der Waals surface area contributed by atoms with E-state index in [0.717, 1.165) is 38.5 Å². The molecule has 23 heavy (non-hydrogen) atoms. The van der Waals surface area contributed by atoms with E-state index in [1.165, 1.54) is 5.57 Å². The molecule has 0 radical (unpaired) electrons. The molecule has 2 nitrogen and oxygen atoms in total. The minimum atomic E-state index is -0.162. The first-order chi connectivity index (χ1) is 10.9. The molecule has 0 saturated heterocycles. The molecule has 1 unspecified atom stereocenters. The Hall–Kier alpha value is -1.07. The van der Waals surface area contributed by atoms with E-state index in [2.05, 4.69) is 19.8 Å². The first-order valence-electron chi connectivity index (χ1n) is 9.28. The lowest BCUT2D eigenvalue weighted by atomic mass is 9.45. The highest BCUT2D eigenvalue weighted by Crippen LogP contribution is 2.66. The highest BCUT2D eigenvalue weighted by Gasteiger charge is 2.60. The predicted molar refractivity (Wildman–Crippen MR) is 90.4 cm³/mol. The van der Waals surface area contributed by atoms with Crippen LogP contribution in [0.15, 0.2) is 11.6 Å². The Balaban J connectivity index is 1.77. The predicted octanol–water partition coefficient (Wildman–Crippen LogP) is 3.74. The number of allylic oxidation sites excluding steroid dienone is 1. The van der Waals surface area contributed by atoms with Crippen molar-refractivity contribution in [3.8, 4) is 12.3 Å². The number of rotatable bonds is 0. The Morgan fingerprint density at radius 1 is 1.22 bits per heavy atom. The molecule has 0 bridgehead atoms. The number of hydrogen-bond acceptors (Lipinski definition) is 2. The van der Waals surface area contributed by atoms with Gasteiger partial charge in [0, 0.05) is 12.3 Å². The summed E-state index contributed by atoms with van der Waals surface area (Å²) >= 11 is 0. The summed E-state index contributed by atoms with van der Waals surface area (Å²) in [6.45, 7) is 4.67. The maximum absolute atomic E-state index is 11.9. The van der Waals surface area contributed by atoms with Crippen LogP contribution < -0.4 is 0 Å². The number of hydrogen-bond donors (Lipinski definition) is 1. The largest absolute Gasteiger partial charge is 0.393 e. The fourth-order valence-electron chi connectivity index (χ4n) is 6.71. The molecule has 4 rings (SSSR count). The average molecular weight is 312 g/mol. The highest BCUT2D eigenvalue weighted by molar-refractivity contribution is 5.91. The lowest BCUT2D eigenvalue weighted by Crippen LogP contribution is -2.54. The maximum Gasteiger partial charge on any atom is 0.155 e. The number of aliphatic hydroxyl groups excluding tert-OH is 1. The van der Waals surface area contributed by atoms with Gasteiger partial charge in [-0.2, -0.15) is 0 Å². The molecule has 124 valence electrons. The Bertz CT molecular complexity index is 612. The van der Waals surface area contributed by atoms with Crippen molar-refractivity contribution >= 4 is 5.78 Å². The Morgan fingerprint density at radius 2 is 2.00 bits per heavy atom. The van der Waals surface area contributed by atoms with Crippen LogP contribution in [-0.4, -0.2) is 17.0 Å². The monoisotopic (exact) mass is 312 g/mol. The number of carbonyl (C=O) groups excluding carboxylic acids is 1. The van der Waals surface area contributed by atoms with Crippen LogP contribution in [0.5, 0.6) is 0 Å². The van der Waals surface area contributed by atoms with Crippen LogP contribution in [0.2, 0.25) is 0 Å². The van der Waals surface area contributed by atoms with E-state index in [1.54, 1.807) is 0 Å². The van der Waals surface area contributed by atoms with Crippen LogP contribution >= 0.6 is 0 Å². The summed E-state index contributed by atoms with van der Waals surface area (Å²) in [5.41, 5.74) is 1.53. The van der Waals surface area contributed by atoms with Gasteiger partial charge in [0.2, 0.25) is 0 Å². The van der Waals surface area contributed by atoms with E-state index in [0.29, 0.717) is 24.2 Å². The zero-order valence-electron chi connectivity index (χ0n) is 14.3. The van der Waals surface area contributed by atoms with Gasteiger partial charge in [0.05, 0.1) is 6.10 Å². The lowest BCUT2D eigenvalue weighted by Gasteiger charge is -2.59. The molecule has 3 saturated carbocycles.